The summed E-state index contributed by atoms with van der Waals surface area (Å²) in [5.41, 5.74) is 1.18. The van der Waals surface area contributed by atoms with Gasteiger partial charge < -0.3 is 15.1 Å². The maximum atomic E-state index is 4.81. The highest BCUT2D eigenvalue weighted by Crippen LogP contribution is 2.26. The van der Waals surface area contributed by atoms with Crippen molar-refractivity contribution in [3.63, 3.8) is 0 Å². The van der Waals surface area contributed by atoms with Gasteiger partial charge in [-0.15, -0.1) is 0 Å². The highest BCUT2D eigenvalue weighted by molar-refractivity contribution is 5.59. The second-order valence-corrected chi connectivity index (χ2v) is 6.02. The van der Waals surface area contributed by atoms with Gasteiger partial charge in [-0.3, -0.25) is 0 Å². The van der Waals surface area contributed by atoms with Crippen LogP contribution in [0.4, 0.5) is 11.6 Å². The maximum absolute atomic E-state index is 4.81. The summed E-state index contributed by atoms with van der Waals surface area (Å²) in [5.74, 6) is 3.05. The lowest BCUT2D eigenvalue weighted by molar-refractivity contribution is 0.274. The minimum absolute atomic E-state index is 0.487. The molecule has 0 spiro atoms. The first-order chi connectivity index (χ1) is 10.1. The summed E-state index contributed by atoms with van der Waals surface area (Å²) in [6.45, 7) is 12.9. The second kappa shape index (κ2) is 7.07. The van der Waals surface area contributed by atoms with Crippen molar-refractivity contribution in [2.45, 2.75) is 46.6 Å². The second-order valence-electron chi connectivity index (χ2n) is 6.02. The van der Waals surface area contributed by atoms with E-state index in [1.54, 1.807) is 0 Å². The van der Waals surface area contributed by atoms with Gasteiger partial charge in [0.1, 0.15) is 17.5 Å². The predicted molar refractivity (Wildman–Crippen MR) is 89.2 cm³/mol. The van der Waals surface area contributed by atoms with Gasteiger partial charge in [-0.1, -0.05) is 13.8 Å². The van der Waals surface area contributed by atoms with E-state index in [0.717, 1.165) is 56.5 Å². The molecule has 1 atom stereocenters. The molecule has 5 heteroatoms. The zero-order valence-electron chi connectivity index (χ0n) is 14.1. The van der Waals surface area contributed by atoms with Crippen LogP contribution in [-0.2, 0) is 6.42 Å². The smallest absolute Gasteiger partial charge is 0.137 e. The van der Waals surface area contributed by atoms with Gasteiger partial charge in [0.2, 0.25) is 0 Å². The molecule has 2 heterocycles. The van der Waals surface area contributed by atoms with E-state index >= 15 is 0 Å². The first-order valence-corrected chi connectivity index (χ1v) is 8.13. The van der Waals surface area contributed by atoms with Crippen LogP contribution in [0.1, 0.15) is 38.6 Å². The van der Waals surface area contributed by atoms with Crippen molar-refractivity contribution in [3.05, 3.63) is 11.4 Å². The van der Waals surface area contributed by atoms with Crippen LogP contribution in [0.5, 0.6) is 0 Å². The number of nitrogens with one attached hydrogen (secondary N) is 1. The Morgan fingerprint density at radius 3 is 2.62 bits per heavy atom. The number of likely N-dealkylation sites (N-methyl/N-ethyl adjacent to an activating group) is 1. The lowest BCUT2D eigenvalue weighted by atomic mass is 10.1. The van der Waals surface area contributed by atoms with Crippen molar-refractivity contribution in [3.8, 4) is 0 Å². The van der Waals surface area contributed by atoms with Crippen LogP contribution in [0.15, 0.2) is 0 Å². The first kappa shape index (κ1) is 16.0. The molecular weight excluding hydrogens is 262 g/mol. The van der Waals surface area contributed by atoms with Gasteiger partial charge >= 0.3 is 0 Å². The summed E-state index contributed by atoms with van der Waals surface area (Å²) in [6.07, 6.45) is 1.97. The topological polar surface area (TPSA) is 44.3 Å². The third kappa shape index (κ3) is 3.64. The van der Waals surface area contributed by atoms with Crippen molar-refractivity contribution in [2.24, 2.45) is 0 Å². The summed E-state index contributed by atoms with van der Waals surface area (Å²) in [4.78, 5) is 14.3. The molecule has 1 aromatic heterocycles. The van der Waals surface area contributed by atoms with E-state index in [0.29, 0.717) is 6.04 Å². The molecule has 21 heavy (non-hydrogen) atoms. The molecule has 1 unspecified atom stereocenters. The number of rotatable bonds is 5. The van der Waals surface area contributed by atoms with Gasteiger partial charge in [0.15, 0.2) is 0 Å². The Morgan fingerprint density at radius 1 is 1.24 bits per heavy atom. The third-order valence-corrected chi connectivity index (χ3v) is 4.13. The van der Waals surface area contributed by atoms with Crippen molar-refractivity contribution in [1.82, 2.24) is 14.9 Å². The molecule has 5 nitrogen and oxygen atoms in total. The number of aryl methyl sites for hydroxylation is 1. The third-order valence-electron chi connectivity index (χ3n) is 4.13. The van der Waals surface area contributed by atoms with E-state index in [2.05, 4.69) is 54.8 Å². The van der Waals surface area contributed by atoms with Crippen LogP contribution in [0.25, 0.3) is 0 Å². The van der Waals surface area contributed by atoms with Crippen molar-refractivity contribution < 1.29 is 0 Å². The Morgan fingerprint density at radius 2 is 2.00 bits per heavy atom. The van der Waals surface area contributed by atoms with Gasteiger partial charge in [0.05, 0.1) is 0 Å². The predicted octanol–water partition coefficient (Wildman–Crippen LogP) is 2.31. The molecule has 1 aliphatic rings. The quantitative estimate of drug-likeness (QED) is 0.902. The molecule has 1 saturated heterocycles. The molecule has 0 saturated carbocycles. The Bertz CT molecular complexity index is 474. The van der Waals surface area contributed by atoms with Crippen LogP contribution >= 0.6 is 0 Å². The first-order valence-electron chi connectivity index (χ1n) is 8.13. The van der Waals surface area contributed by atoms with E-state index < -0.39 is 0 Å². The number of hydrogen-bond donors (Lipinski definition) is 1. The zero-order valence-corrected chi connectivity index (χ0v) is 14.1. The molecule has 1 aliphatic heterocycles. The highest BCUT2D eigenvalue weighted by Gasteiger charge is 2.25. The van der Waals surface area contributed by atoms with Gasteiger partial charge in [0.25, 0.3) is 0 Å². The van der Waals surface area contributed by atoms with Crippen molar-refractivity contribution >= 4 is 11.6 Å². The normalized spacial score (nSPS) is 19.9. The van der Waals surface area contributed by atoms with E-state index in [4.69, 9.17) is 4.98 Å². The summed E-state index contributed by atoms with van der Waals surface area (Å²) < 4.78 is 0. The standard InChI is InChI=1S/C16H29N5/c1-6-8-17-15-13(4)16(19-14(7-2)18-15)21-10-9-20(5)11-12(21)3/h12H,6-11H2,1-5H3,(H,17,18,19). The highest BCUT2D eigenvalue weighted by atomic mass is 15.3. The molecule has 2 rings (SSSR count). The van der Waals surface area contributed by atoms with Crippen LogP contribution in [0, 0.1) is 6.92 Å². The number of aromatic nitrogens is 2. The molecule has 0 aliphatic carbocycles. The fourth-order valence-electron chi connectivity index (χ4n) is 2.86. The van der Waals surface area contributed by atoms with E-state index in [1.807, 2.05) is 0 Å². The summed E-state index contributed by atoms with van der Waals surface area (Å²) in [5, 5.41) is 3.45. The molecule has 118 valence electrons. The molecule has 0 radical (unpaired) electrons. The van der Waals surface area contributed by atoms with Gasteiger partial charge in [0, 0.05) is 44.2 Å². The Hall–Kier alpha value is -1.36. The zero-order chi connectivity index (χ0) is 15.4. The lowest BCUT2D eigenvalue weighted by Crippen LogP contribution is -2.51. The van der Waals surface area contributed by atoms with Gasteiger partial charge in [-0.2, -0.15) is 0 Å². The summed E-state index contributed by atoms with van der Waals surface area (Å²) in [6, 6.07) is 0.487. The summed E-state index contributed by atoms with van der Waals surface area (Å²) >= 11 is 0. The van der Waals surface area contributed by atoms with Crippen LogP contribution in [-0.4, -0.2) is 54.1 Å². The van der Waals surface area contributed by atoms with Crippen LogP contribution in [0.2, 0.25) is 0 Å². The largest absolute Gasteiger partial charge is 0.370 e. The molecule has 1 N–H and O–H groups in total. The van der Waals surface area contributed by atoms with Crippen LogP contribution < -0.4 is 10.2 Å². The Labute approximate surface area is 128 Å². The van der Waals surface area contributed by atoms with Crippen molar-refractivity contribution in [2.75, 3.05) is 43.4 Å². The average Bonchev–Trinajstić information content (AvgIpc) is 2.47. The molecule has 0 aromatic carbocycles. The monoisotopic (exact) mass is 291 g/mol. The molecule has 1 aromatic rings. The Kier molecular flexibility index (Phi) is 5.39. The fraction of sp³-hybridized carbons (Fsp3) is 0.750. The molecular formula is C16H29N5. The number of piperazine rings is 1. The minimum Gasteiger partial charge on any atom is -0.370 e. The van der Waals surface area contributed by atoms with Crippen LogP contribution in [0.3, 0.4) is 0 Å². The van der Waals surface area contributed by atoms with Crippen molar-refractivity contribution in [1.29, 1.82) is 0 Å². The van der Waals surface area contributed by atoms with Gasteiger partial charge in [-0.25, -0.2) is 9.97 Å². The minimum atomic E-state index is 0.487. The molecule has 1 fully saturated rings. The molecule has 0 bridgehead atoms. The number of anilines is 2. The average molecular weight is 291 g/mol. The number of nitrogens with zero attached hydrogens (tertiary/aromatic N) is 4. The number of hydrogen-bond acceptors (Lipinski definition) is 5. The SMILES string of the molecule is CCCNc1nc(CC)nc(N2CCN(C)CC2C)c1C. The lowest BCUT2D eigenvalue weighted by Gasteiger charge is -2.39. The fourth-order valence-corrected chi connectivity index (χ4v) is 2.86. The van der Waals surface area contributed by atoms with E-state index in [9.17, 15) is 0 Å². The summed E-state index contributed by atoms with van der Waals surface area (Å²) in [7, 11) is 2.19. The van der Waals surface area contributed by atoms with Gasteiger partial charge in [-0.05, 0) is 27.3 Å². The Balaban J connectivity index is 2.32. The van der Waals surface area contributed by atoms with E-state index in [-0.39, 0.29) is 0 Å². The maximum Gasteiger partial charge on any atom is 0.137 e. The van der Waals surface area contributed by atoms with E-state index in [1.165, 1.54) is 5.56 Å². The molecule has 0 amide bonds.